The van der Waals surface area contributed by atoms with Crippen LogP contribution in [0.2, 0.25) is 10.0 Å². The smallest absolute Gasteiger partial charge is 0.238 e. The quantitative estimate of drug-likeness (QED) is 0.834. The molecule has 0 saturated heterocycles. The Morgan fingerprint density at radius 1 is 1.17 bits per heavy atom. The Bertz CT molecular complexity index is 728. The van der Waals surface area contributed by atoms with Gasteiger partial charge in [0.05, 0.1) is 22.3 Å². The SMILES string of the molecule is CN(CC(=O)Nc1c(Cl)cccc1Cl)C1CCCc2ccccc21. The molecule has 0 fully saturated rings. The van der Waals surface area contributed by atoms with Crippen LogP contribution in [-0.4, -0.2) is 24.4 Å². The molecule has 2 aromatic rings. The average molecular weight is 363 g/mol. The van der Waals surface area contributed by atoms with E-state index in [0.717, 1.165) is 19.3 Å². The van der Waals surface area contributed by atoms with E-state index in [1.54, 1.807) is 18.2 Å². The zero-order valence-corrected chi connectivity index (χ0v) is 15.1. The minimum Gasteiger partial charge on any atom is -0.322 e. The van der Waals surface area contributed by atoms with Crippen molar-refractivity contribution in [3.8, 4) is 0 Å². The van der Waals surface area contributed by atoms with Crippen molar-refractivity contribution in [1.82, 2.24) is 4.90 Å². The molecular formula is C19H20Cl2N2O. The number of hydrogen-bond acceptors (Lipinski definition) is 2. The fourth-order valence-electron chi connectivity index (χ4n) is 3.32. The Labute approximate surface area is 152 Å². The van der Waals surface area contributed by atoms with Crippen molar-refractivity contribution in [2.75, 3.05) is 18.9 Å². The second-order valence-electron chi connectivity index (χ2n) is 6.17. The molecule has 1 unspecified atom stereocenters. The highest BCUT2D eigenvalue weighted by atomic mass is 35.5. The first kappa shape index (κ1) is 17.3. The average Bonchev–Trinajstić information content (AvgIpc) is 2.57. The van der Waals surface area contributed by atoms with Crippen LogP contribution in [0.4, 0.5) is 5.69 Å². The highest BCUT2D eigenvalue weighted by Gasteiger charge is 2.24. The summed E-state index contributed by atoms with van der Waals surface area (Å²) in [5.41, 5.74) is 3.19. The lowest BCUT2D eigenvalue weighted by Crippen LogP contribution is -2.35. The van der Waals surface area contributed by atoms with Gasteiger partial charge in [0.2, 0.25) is 5.91 Å². The molecular weight excluding hydrogens is 343 g/mol. The highest BCUT2D eigenvalue weighted by Crippen LogP contribution is 2.34. The van der Waals surface area contributed by atoms with E-state index in [0.29, 0.717) is 22.3 Å². The van der Waals surface area contributed by atoms with Crippen LogP contribution in [0.25, 0.3) is 0 Å². The number of likely N-dealkylation sites (N-methyl/N-ethyl adjacent to an activating group) is 1. The summed E-state index contributed by atoms with van der Waals surface area (Å²) in [5, 5.41) is 3.72. The Balaban J connectivity index is 1.69. The second kappa shape index (κ2) is 7.56. The molecule has 1 aliphatic carbocycles. The summed E-state index contributed by atoms with van der Waals surface area (Å²) >= 11 is 12.2. The van der Waals surface area contributed by atoms with Gasteiger partial charge in [0.25, 0.3) is 0 Å². The van der Waals surface area contributed by atoms with E-state index in [1.807, 2.05) is 7.05 Å². The molecule has 0 heterocycles. The summed E-state index contributed by atoms with van der Waals surface area (Å²) in [6.07, 6.45) is 3.32. The van der Waals surface area contributed by atoms with Crippen molar-refractivity contribution < 1.29 is 4.79 Å². The Morgan fingerprint density at radius 3 is 2.62 bits per heavy atom. The summed E-state index contributed by atoms with van der Waals surface area (Å²) in [4.78, 5) is 14.5. The Kier molecular flexibility index (Phi) is 5.44. The van der Waals surface area contributed by atoms with E-state index in [-0.39, 0.29) is 11.9 Å². The molecule has 0 aromatic heterocycles. The van der Waals surface area contributed by atoms with E-state index in [2.05, 4.69) is 34.5 Å². The molecule has 1 aliphatic rings. The molecule has 0 aliphatic heterocycles. The number of hydrogen-bond donors (Lipinski definition) is 1. The highest BCUT2D eigenvalue weighted by molar-refractivity contribution is 6.39. The number of aryl methyl sites for hydroxylation is 1. The van der Waals surface area contributed by atoms with Gasteiger partial charge < -0.3 is 5.32 Å². The van der Waals surface area contributed by atoms with Crippen molar-refractivity contribution >= 4 is 34.8 Å². The van der Waals surface area contributed by atoms with Gasteiger partial charge in [0.1, 0.15) is 0 Å². The number of carbonyl (C=O) groups is 1. The van der Waals surface area contributed by atoms with Gasteiger partial charge in [-0.2, -0.15) is 0 Å². The molecule has 126 valence electrons. The number of fused-ring (bicyclic) bond motifs is 1. The van der Waals surface area contributed by atoms with Crippen LogP contribution in [0.5, 0.6) is 0 Å². The number of halogens is 2. The van der Waals surface area contributed by atoms with E-state index in [9.17, 15) is 4.79 Å². The monoisotopic (exact) mass is 362 g/mol. The van der Waals surface area contributed by atoms with Crippen LogP contribution < -0.4 is 5.32 Å². The third-order valence-electron chi connectivity index (χ3n) is 4.49. The number of carbonyl (C=O) groups excluding carboxylic acids is 1. The summed E-state index contributed by atoms with van der Waals surface area (Å²) < 4.78 is 0. The minimum absolute atomic E-state index is 0.115. The fraction of sp³-hybridized carbons (Fsp3) is 0.316. The molecule has 2 aromatic carbocycles. The van der Waals surface area contributed by atoms with Crippen LogP contribution in [0.15, 0.2) is 42.5 Å². The molecule has 24 heavy (non-hydrogen) atoms. The summed E-state index contributed by atoms with van der Waals surface area (Å²) in [6, 6.07) is 13.9. The number of para-hydroxylation sites is 1. The van der Waals surface area contributed by atoms with E-state index in [4.69, 9.17) is 23.2 Å². The third kappa shape index (κ3) is 3.75. The molecule has 1 N–H and O–H groups in total. The number of anilines is 1. The lowest BCUT2D eigenvalue weighted by molar-refractivity contribution is -0.117. The summed E-state index contributed by atoms with van der Waals surface area (Å²) in [6.45, 7) is 0.292. The summed E-state index contributed by atoms with van der Waals surface area (Å²) in [7, 11) is 1.99. The normalized spacial score (nSPS) is 16.8. The van der Waals surface area contributed by atoms with Crippen LogP contribution in [0.3, 0.4) is 0 Å². The Hall–Kier alpha value is -1.55. The number of rotatable bonds is 4. The van der Waals surface area contributed by atoms with E-state index < -0.39 is 0 Å². The molecule has 3 nitrogen and oxygen atoms in total. The lowest BCUT2D eigenvalue weighted by atomic mass is 9.87. The number of nitrogens with zero attached hydrogens (tertiary/aromatic N) is 1. The maximum absolute atomic E-state index is 12.4. The summed E-state index contributed by atoms with van der Waals surface area (Å²) in [5.74, 6) is -0.115. The molecule has 0 bridgehead atoms. The van der Waals surface area contributed by atoms with Crippen molar-refractivity contribution in [2.24, 2.45) is 0 Å². The topological polar surface area (TPSA) is 32.3 Å². The van der Waals surface area contributed by atoms with Crippen LogP contribution in [0.1, 0.15) is 30.0 Å². The largest absolute Gasteiger partial charge is 0.322 e. The number of amides is 1. The van der Waals surface area contributed by atoms with Gasteiger partial charge in [0, 0.05) is 6.04 Å². The van der Waals surface area contributed by atoms with Crippen molar-refractivity contribution in [1.29, 1.82) is 0 Å². The fourth-order valence-corrected chi connectivity index (χ4v) is 3.81. The number of nitrogens with one attached hydrogen (secondary N) is 1. The maximum Gasteiger partial charge on any atom is 0.238 e. The first-order chi connectivity index (χ1) is 11.6. The van der Waals surface area contributed by atoms with Gasteiger partial charge in [-0.05, 0) is 49.6 Å². The van der Waals surface area contributed by atoms with Gasteiger partial charge in [-0.1, -0.05) is 53.5 Å². The van der Waals surface area contributed by atoms with E-state index >= 15 is 0 Å². The van der Waals surface area contributed by atoms with Crippen molar-refractivity contribution in [2.45, 2.75) is 25.3 Å². The first-order valence-corrected chi connectivity index (χ1v) is 8.84. The third-order valence-corrected chi connectivity index (χ3v) is 5.12. The van der Waals surface area contributed by atoms with E-state index in [1.165, 1.54) is 11.1 Å². The molecule has 0 saturated carbocycles. The van der Waals surface area contributed by atoms with Crippen LogP contribution in [0, 0.1) is 0 Å². The van der Waals surface area contributed by atoms with Crippen molar-refractivity contribution in [3.05, 3.63) is 63.6 Å². The van der Waals surface area contributed by atoms with Gasteiger partial charge in [-0.25, -0.2) is 0 Å². The van der Waals surface area contributed by atoms with Gasteiger partial charge in [-0.3, -0.25) is 9.69 Å². The first-order valence-electron chi connectivity index (χ1n) is 8.08. The zero-order valence-electron chi connectivity index (χ0n) is 13.6. The van der Waals surface area contributed by atoms with Gasteiger partial charge >= 0.3 is 0 Å². The maximum atomic E-state index is 12.4. The van der Waals surface area contributed by atoms with Crippen LogP contribution in [-0.2, 0) is 11.2 Å². The molecule has 5 heteroatoms. The molecule has 0 spiro atoms. The zero-order chi connectivity index (χ0) is 17.1. The predicted octanol–water partition coefficient (Wildman–Crippen LogP) is 4.94. The van der Waals surface area contributed by atoms with Gasteiger partial charge in [0.15, 0.2) is 0 Å². The van der Waals surface area contributed by atoms with Crippen molar-refractivity contribution in [3.63, 3.8) is 0 Å². The van der Waals surface area contributed by atoms with Gasteiger partial charge in [-0.15, -0.1) is 0 Å². The second-order valence-corrected chi connectivity index (χ2v) is 6.98. The number of benzene rings is 2. The predicted molar refractivity (Wildman–Crippen MR) is 99.8 cm³/mol. The molecule has 3 rings (SSSR count). The molecule has 0 radical (unpaired) electrons. The standard InChI is InChI=1S/C19H20Cl2N2O/c1-23(17-11-4-7-13-6-2-3-8-14(13)17)12-18(24)22-19-15(20)9-5-10-16(19)21/h2-3,5-6,8-10,17H,4,7,11-12H2,1H3,(H,22,24). The minimum atomic E-state index is -0.115. The molecule has 1 atom stereocenters. The van der Waals surface area contributed by atoms with Crippen LogP contribution >= 0.6 is 23.2 Å². The lowest BCUT2D eigenvalue weighted by Gasteiger charge is -2.32. The Morgan fingerprint density at radius 2 is 1.88 bits per heavy atom. The molecule has 1 amide bonds.